The molecule has 0 radical (unpaired) electrons. The van der Waals surface area contributed by atoms with Crippen LogP contribution < -0.4 is 15.9 Å². The molecule has 0 atom stereocenters. The maximum atomic E-state index is 3.57. The Balaban J connectivity index is 1.83. The second-order valence-corrected chi connectivity index (χ2v) is 7.01. The SMILES string of the molecule is c1ccc(NCP(c2ccccc2)c2ccccc2)cc1. The van der Waals surface area contributed by atoms with E-state index < -0.39 is 0 Å². The lowest BCUT2D eigenvalue weighted by Crippen LogP contribution is -2.17. The molecule has 0 saturated heterocycles. The number of rotatable bonds is 5. The van der Waals surface area contributed by atoms with Gasteiger partial charge in [0.05, 0.1) is 0 Å². The largest absolute Gasteiger partial charge is 0.381 e. The fourth-order valence-electron chi connectivity index (χ4n) is 2.27. The highest BCUT2D eigenvalue weighted by molar-refractivity contribution is 7.73. The molecule has 0 fully saturated rings. The van der Waals surface area contributed by atoms with Gasteiger partial charge in [-0.25, -0.2) is 0 Å². The van der Waals surface area contributed by atoms with Crippen LogP contribution in [0.2, 0.25) is 0 Å². The Kier molecular flexibility index (Phi) is 4.66. The Hall–Kier alpha value is -2.11. The van der Waals surface area contributed by atoms with E-state index in [1.54, 1.807) is 0 Å². The summed E-state index contributed by atoms with van der Waals surface area (Å²) in [5.74, 6) is 0. The van der Waals surface area contributed by atoms with Crippen molar-refractivity contribution in [2.24, 2.45) is 0 Å². The van der Waals surface area contributed by atoms with Crippen LogP contribution in [0.4, 0.5) is 5.69 Å². The van der Waals surface area contributed by atoms with Crippen LogP contribution in [0.5, 0.6) is 0 Å². The van der Waals surface area contributed by atoms with E-state index in [-0.39, 0.29) is 7.92 Å². The summed E-state index contributed by atoms with van der Waals surface area (Å²) in [6.07, 6.45) is 0.952. The molecule has 3 aromatic carbocycles. The van der Waals surface area contributed by atoms with Gasteiger partial charge < -0.3 is 5.32 Å². The number of hydrogen-bond acceptors (Lipinski definition) is 1. The topological polar surface area (TPSA) is 12.0 Å². The first-order valence-electron chi connectivity index (χ1n) is 7.10. The van der Waals surface area contributed by atoms with Crippen molar-refractivity contribution < 1.29 is 0 Å². The predicted molar refractivity (Wildman–Crippen MR) is 94.0 cm³/mol. The van der Waals surface area contributed by atoms with Gasteiger partial charge in [0, 0.05) is 12.0 Å². The molecule has 0 saturated carbocycles. The minimum atomic E-state index is -0.386. The first-order chi connectivity index (χ1) is 10.4. The monoisotopic (exact) mass is 291 g/mol. The molecule has 0 aliphatic heterocycles. The van der Waals surface area contributed by atoms with Gasteiger partial charge in [-0.2, -0.15) is 0 Å². The molecule has 0 heterocycles. The van der Waals surface area contributed by atoms with Crippen LogP contribution in [-0.4, -0.2) is 6.29 Å². The lowest BCUT2D eigenvalue weighted by atomic mass is 10.3. The molecule has 0 unspecified atom stereocenters. The fourth-order valence-corrected chi connectivity index (χ4v) is 4.34. The molecule has 21 heavy (non-hydrogen) atoms. The first kappa shape index (κ1) is 13.9. The molecule has 2 heteroatoms. The lowest BCUT2D eigenvalue weighted by Gasteiger charge is -2.20. The van der Waals surface area contributed by atoms with E-state index in [0.29, 0.717) is 0 Å². The van der Waals surface area contributed by atoms with Crippen LogP contribution in [0.15, 0.2) is 91.0 Å². The molecule has 3 aromatic rings. The molecule has 0 aliphatic rings. The fraction of sp³-hybridized carbons (Fsp3) is 0.0526. The zero-order chi connectivity index (χ0) is 14.3. The van der Waals surface area contributed by atoms with E-state index in [1.807, 2.05) is 6.07 Å². The molecule has 0 spiro atoms. The molecular formula is C19H18NP. The molecule has 0 amide bonds. The van der Waals surface area contributed by atoms with Gasteiger partial charge in [0.2, 0.25) is 0 Å². The molecule has 104 valence electrons. The third-order valence-corrected chi connectivity index (χ3v) is 5.67. The normalized spacial score (nSPS) is 10.5. The maximum absolute atomic E-state index is 3.57. The average Bonchev–Trinajstić information content (AvgIpc) is 2.58. The van der Waals surface area contributed by atoms with Gasteiger partial charge in [-0.15, -0.1) is 0 Å². The van der Waals surface area contributed by atoms with Crippen LogP contribution in [0.1, 0.15) is 0 Å². The van der Waals surface area contributed by atoms with Crippen LogP contribution in [0, 0.1) is 0 Å². The Bertz CT molecular complexity index is 613. The molecule has 0 bridgehead atoms. The van der Waals surface area contributed by atoms with Gasteiger partial charge in [-0.1, -0.05) is 78.9 Å². The summed E-state index contributed by atoms with van der Waals surface area (Å²) in [5.41, 5.74) is 1.18. The second kappa shape index (κ2) is 7.06. The van der Waals surface area contributed by atoms with E-state index in [1.165, 1.54) is 16.3 Å². The summed E-state index contributed by atoms with van der Waals surface area (Å²) in [4.78, 5) is 0. The molecular weight excluding hydrogens is 273 g/mol. The van der Waals surface area contributed by atoms with Crippen LogP contribution in [0.3, 0.4) is 0 Å². The third kappa shape index (κ3) is 3.71. The van der Waals surface area contributed by atoms with Crippen molar-refractivity contribution in [3.05, 3.63) is 91.0 Å². The first-order valence-corrected chi connectivity index (χ1v) is 8.63. The van der Waals surface area contributed by atoms with Crippen molar-refractivity contribution >= 4 is 24.2 Å². The Morgan fingerprint density at radius 2 is 1.00 bits per heavy atom. The number of benzene rings is 3. The minimum Gasteiger partial charge on any atom is -0.381 e. The second-order valence-electron chi connectivity index (χ2n) is 4.80. The van der Waals surface area contributed by atoms with E-state index in [4.69, 9.17) is 0 Å². The standard InChI is InChI=1S/C19H18NP/c1-4-10-17(11-5-1)20-16-21(18-12-6-2-7-13-18)19-14-8-3-9-15-19/h1-15,20H,16H2. The summed E-state index contributed by atoms with van der Waals surface area (Å²) in [7, 11) is -0.386. The van der Waals surface area contributed by atoms with Gasteiger partial charge in [0.1, 0.15) is 0 Å². The smallest absolute Gasteiger partial charge is 0.0430 e. The molecule has 0 aromatic heterocycles. The summed E-state index contributed by atoms with van der Waals surface area (Å²) in [6.45, 7) is 0. The highest BCUT2D eigenvalue weighted by atomic mass is 31.1. The molecule has 1 N–H and O–H groups in total. The number of para-hydroxylation sites is 1. The number of anilines is 1. The van der Waals surface area contributed by atoms with Gasteiger partial charge >= 0.3 is 0 Å². The van der Waals surface area contributed by atoms with E-state index in [9.17, 15) is 0 Å². The predicted octanol–water partition coefficient (Wildman–Crippen LogP) is 4.19. The summed E-state index contributed by atoms with van der Waals surface area (Å²) in [6, 6.07) is 32.0. The van der Waals surface area contributed by atoms with Crippen molar-refractivity contribution in [1.29, 1.82) is 0 Å². The zero-order valence-electron chi connectivity index (χ0n) is 11.8. The lowest BCUT2D eigenvalue weighted by molar-refractivity contribution is 1.45. The summed E-state index contributed by atoms with van der Waals surface area (Å²) in [5, 5.41) is 6.38. The maximum Gasteiger partial charge on any atom is 0.0430 e. The quantitative estimate of drug-likeness (QED) is 0.695. The summed E-state index contributed by atoms with van der Waals surface area (Å²) < 4.78 is 0. The number of nitrogens with one attached hydrogen (secondary N) is 1. The van der Waals surface area contributed by atoms with Crippen molar-refractivity contribution in [3.8, 4) is 0 Å². The third-order valence-electron chi connectivity index (χ3n) is 3.35. The molecule has 3 rings (SSSR count). The van der Waals surface area contributed by atoms with E-state index in [2.05, 4.69) is 90.2 Å². The van der Waals surface area contributed by atoms with Crippen LogP contribution >= 0.6 is 7.92 Å². The van der Waals surface area contributed by atoms with Gasteiger partial charge in [0.15, 0.2) is 0 Å². The minimum absolute atomic E-state index is 0.386. The Labute approximate surface area is 127 Å². The Morgan fingerprint density at radius 1 is 0.571 bits per heavy atom. The van der Waals surface area contributed by atoms with Crippen molar-refractivity contribution in [2.45, 2.75) is 0 Å². The highest BCUT2D eigenvalue weighted by Gasteiger charge is 2.12. The highest BCUT2D eigenvalue weighted by Crippen LogP contribution is 2.33. The molecule has 0 aliphatic carbocycles. The van der Waals surface area contributed by atoms with Gasteiger partial charge in [-0.3, -0.25) is 0 Å². The van der Waals surface area contributed by atoms with Crippen LogP contribution in [0.25, 0.3) is 0 Å². The van der Waals surface area contributed by atoms with Gasteiger partial charge in [-0.05, 0) is 30.7 Å². The number of hydrogen-bond donors (Lipinski definition) is 1. The zero-order valence-corrected chi connectivity index (χ0v) is 12.7. The average molecular weight is 291 g/mol. The van der Waals surface area contributed by atoms with E-state index in [0.717, 1.165) is 6.29 Å². The van der Waals surface area contributed by atoms with Crippen molar-refractivity contribution in [2.75, 3.05) is 11.6 Å². The van der Waals surface area contributed by atoms with Crippen molar-refractivity contribution in [3.63, 3.8) is 0 Å². The molecule has 1 nitrogen and oxygen atoms in total. The van der Waals surface area contributed by atoms with E-state index >= 15 is 0 Å². The van der Waals surface area contributed by atoms with Gasteiger partial charge in [0.25, 0.3) is 0 Å². The van der Waals surface area contributed by atoms with Crippen LogP contribution in [-0.2, 0) is 0 Å². The summed E-state index contributed by atoms with van der Waals surface area (Å²) >= 11 is 0. The van der Waals surface area contributed by atoms with Crippen molar-refractivity contribution in [1.82, 2.24) is 0 Å². The Morgan fingerprint density at radius 3 is 1.48 bits per heavy atom.